The fourth-order valence-electron chi connectivity index (χ4n) is 1.89. The van der Waals surface area contributed by atoms with Crippen LogP contribution in [0.1, 0.15) is 17.4 Å². The van der Waals surface area contributed by atoms with Crippen molar-refractivity contribution in [1.82, 2.24) is 14.5 Å². The summed E-state index contributed by atoms with van der Waals surface area (Å²) in [5, 5.41) is 0.137. The molecule has 0 radical (unpaired) electrons. The molecule has 0 aliphatic rings. The molecular formula is C14H19ClIN3O2Si. The van der Waals surface area contributed by atoms with Gasteiger partial charge in [0.1, 0.15) is 17.9 Å². The number of halogens is 2. The first-order valence-electron chi connectivity index (χ1n) is 6.99. The van der Waals surface area contributed by atoms with Crippen molar-refractivity contribution in [1.29, 1.82) is 0 Å². The standard InChI is InChI=1S/C14H19ClIN3O2Si/c1-9(20)11-13(15)18-14-12(17-11)10(16)7-19(14)8-21-5-6-22(2,3)4/h7H,5-6,8H2,1-4H3. The monoisotopic (exact) mass is 451 g/mol. The Bertz CT molecular complexity index is 712. The Morgan fingerprint density at radius 2 is 2.09 bits per heavy atom. The molecule has 2 rings (SSSR count). The van der Waals surface area contributed by atoms with E-state index >= 15 is 0 Å². The van der Waals surface area contributed by atoms with E-state index < -0.39 is 8.07 Å². The topological polar surface area (TPSA) is 57.0 Å². The van der Waals surface area contributed by atoms with Gasteiger partial charge in [-0.25, -0.2) is 9.97 Å². The summed E-state index contributed by atoms with van der Waals surface area (Å²) in [6.07, 6.45) is 1.92. The molecule has 2 aromatic rings. The van der Waals surface area contributed by atoms with E-state index in [1.165, 1.54) is 6.92 Å². The number of hydrogen-bond acceptors (Lipinski definition) is 4. The average molecular weight is 452 g/mol. The molecule has 2 aromatic heterocycles. The van der Waals surface area contributed by atoms with Gasteiger partial charge in [0.05, 0.1) is 3.57 Å². The van der Waals surface area contributed by atoms with Gasteiger partial charge in [0.2, 0.25) is 0 Å². The normalized spacial score (nSPS) is 12.1. The van der Waals surface area contributed by atoms with Crippen LogP contribution in [0.3, 0.4) is 0 Å². The summed E-state index contributed by atoms with van der Waals surface area (Å²) < 4.78 is 8.55. The van der Waals surface area contributed by atoms with Gasteiger partial charge < -0.3 is 9.30 Å². The number of fused-ring (bicyclic) bond motifs is 1. The van der Waals surface area contributed by atoms with E-state index in [1.54, 1.807) is 0 Å². The van der Waals surface area contributed by atoms with Gasteiger partial charge in [-0.15, -0.1) is 0 Å². The van der Waals surface area contributed by atoms with E-state index in [1.807, 2.05) is 10.8 Å². The minimum Gasteiger partial charge on any atom is -0.361 e. The van der Waals surface area contributed by atoms with Crippen LogP contribution in [0.5, 0.6) is 0 Å². The van der Waals surface area contributed by atoms with Crippen molar-refractivity contribution >= 4 is 59.2 Å². The summed E-state index contributed by atoms with van der Waals surface area (Å²) in [5.41, 5.74) is 1.54. The lowest BCUT2D eigenvalue weighted by molar-refractivity contribution is 0.0898. The van der Waals surface area contributed by atoms with E-state index in [2.05, 4.69) is 52.2 Å². The molecule has 0 aliphatic heterocycles. The molecule has 0 unspecified atom stereocenters. The second-order valence-electron chi connectivity index (χ2n) is 6.39. The number of carbonyl (C=O) groups is 1. The number of Topliss-reactive ketones (excluding diaryl/α,β-unsaturated/α-hetero) is 1. The highest BCUT2D eigenvalue weighted by Gasteiger charge is 2.17. The molecule has 0 atom stereocenters. The third-order valence-electron chi connectivity index (χ3n) is 3.16. The maximum Gasteiger partial charge on any atom is 0.181 e. The molecule has 0 saturated carbocycles. The van der Waals surface area contributed by atoms with Crippen LogP contribution >= 0.6 is 34.2 Å². The highest BCUT2D eigenvalue weighted by Crippen LogP contribution is 2.23. The molecule has 0 aliphatic carbocycles. The Morgan fingerprint density at radius 3 is 2.68 bits per heavy atom. The maximum atomic E-state index is 11.5. The predicted molar refractivity (Wildman–Crippen MR) is 99.4 cm³/mol. The zero-order valence-corrected chi connectivity index (χ0v) is 17.0. The molecule has 0 aromatic carbocycles. The quantitative estimate of drug-likeness (QED) is 0.286. The molecule has 22 heavy (non-hydrogen) atoms. The van der Waals surface area contributed by atoms with Crippen LogP contribution in [0.4, 0.5) is 0 Å². The summed E-state index contributed by atoms with van der Waals surface area (Å²) >= 11 is 8.23. The molecule has 120 valence electrons. The second-order valence-corrected chi connectivity index (χ2v) is 13.5. The van der Waals surface area contributed by atoms with Crippen LogP contribution in [0.15, 0.2) is 6.20 Å². The van der Waals surface area contributed by atoms with Crippen molar-refractivity contribution < 1.29 is 9.53 Å². The van der Waals surface area contributed by atoms with Gasteiger partial charge in [-0.2, -0.15) is 0 Å². The Hall–Kier alpha value is -0.513. The summed E-state index contributed by atoms with van der Waals surface area (Å²) in [6.45, 7) is 9.54. The Morgan fingerprint density at radius 1 is 1.41 bits per heavy atom. The second kappa shape index (κ2) is 6.94. The fourth-order valence-corrected chi connectivity index (χ4v) is 3.60. The van der Waals surface area contributed by atoms with Gasteiger partial charge in [-0.1, -0.05) is 31.2 Å². The highest BCUT2D eigenvalue weighted by atomic mass is 127. The van der Waals surface area contributed by atoms with E-state index in [0.29, 0.717) is 17.9 Å². The lowest BCUT2D eigenvalue weighted by Crippen LogP contribution is -2.22. The SMILES string of the molecule is CC(=O)c1nc2c(I)cn(COCC[Si](C)(C)C)c2nc1Cl. The molecule has 0 fully saturated rings. The third kappa shape index (κ3) is 4.27. The zero-order valence-electron chi connectivity index (χ0n) is 13.1. The van der Waals surface area contributed by atoms with Crippen molar-refractivity contribution in [2.24, 2.45) is 0 Å². The summed E-state index contributed by atoms with van der Waals surface area (Å²) in [6, 6.07) is 1.12. The van der Waals surface area contributed by atoms with Crippen LogP contribution in [0, 0.1) is 3.57 Å². The lowest BCUT2D eigenvalue weighted by atomic mass is 10.3. The molecule has 0 amide bonds. The van der Waals surface area contributed by atoms with E-state index in [0.717, 1.165) is 16.2 Å². The molecular weight excluding hydrogens is 433 g/mol. The predicted octanol–water partition coefficient (Wildman–Crippen LogP) is 4.20. The number of nitrogens with zero attached hydrogens (tertiary/aromatic N) is 3. The van der Waals surface area contributed by atoms with Crippen molar-refractivity contribution in [2.45, 2.75) is 39.3 Å². The number of rotatable bonds is 6. The minimum atomic E-state index is -1.10. The average Bonchev–Trinajstić information content (AvgIpc) is 2.68. The summed E-state index contributed by atoms with van der Waals surface area (Å²) in [5.74, 6) is -0.186. The fraction of sp³-hybridized carbons (Fsp3) is 0.500. The van der Waals surface area contributed by atoms with Crippen LogP contribution < -0.4 is 0 Å². The molecule has 0 bridgehead atoms. The summed E-state index contributed by atoms with van der Waals surface area (Å²) in [7, 11) is -1.10. The Labute approximate surface area is 149 Å². The number of ether oxygens (including phenoxy) is 1. The highest BCUT2D eigenvalue weighted by molar-refractivity contribution is 14.1. The largest absolute Gasteiger partial charge is 0.361 e. The van der Waals surface area contributed by atoms with Crippen molar-refractivity contribution in [3.8, 4) is 0 Å². The van der Waals surface area contributed by atoms with Crippen LogP contribution in [0.2, 0.25) is 30.8 Å². The number of hydrogen-bond donors (Lipinski definition) is 0. The van der Waals surface area contributed by atoms with Gasteiger partial charge in [0.15, 0.2) is 16.6 Å². The van der Waals surface area contributed by atoms with Gasteiger partial charge in [0, 0.05) is 27.8 Å². The zero-order chi connectivity index (χ0) is 16.5. The third-order valence-corrected chi connectivity index (χ3v) is 5.92. The van der Waals surface area contributed by atoms with Crippen molar-refractivity contribution in [2.75, 3.05) is 6.61 Å². The van der Waals surface area contributed by atoms with Gasteiger partial charge in [0.25, 0.3) is 0 Å². The molecule has 2 heterocycles. The first-order valence-corrected chi connectivity index (χ1v) is 12.2. The van der Waals surface area contributed by atoms with Gasteiger partial charge >= 0.3 is 0 Å². The van der Waals surface area contributed by atoms with Gasteiger partial charge in [-0.05, 0) is 28.6 Å². The molecule has 0 N–H and O–H groups in total. The molecule has 5 nitrogen and oxygen atoms in total. The van der Waals surface area contributed by atoms with Crippen molar-refractivity contribution in [3.63, 3.8) is 0 Å². The summed E-state index contributed by atoms with van der Waals surface area (Å²) in [4.78, 5) is 20.2. The Kier molecular flexibility index (Phi) is 5.62. The van der Waals surface area contributed by atoms with Crippen molar-refractivity contribution in [3.05, 3.63) is 20.6 Å². The van der Waals surface area contributed by atoms with E-state index in [9.17, 15) is 4.79 Å². The van der Waals surface area contributed by atoms with E-state index in [4.69, 9.17) is 16.3 Å². The molecule has 8 heteroatoms. The van der Waals surface area contributed by atoms with E-state index in [-0.39, 0.29) is 16.6 Å². The maximum absolute atomic E-state index is 11.5. The number of ketones is 1. The van der Waals surface area contributed by atoms with Crippen LogP contribution in [0.25, 0.3) is 11.2 Å². The first-order chi connectivity index (χ1) is 10.2. The molecule has 0 saturated heterocycles. The number of aromatic nitrogens is 3. The van der Waals surface area contributed by atoms with Crippen LogP contribution in [-0.4, -0.2) is 35.0 Å². The number of carbonyl (C=O) groups excluding carboxylic acids is 1. The smallest absolute Gasteiger partial charge is 0.181 e. The minimum absolute atomic E-state index is 0.137. The molecule has 0 spiro atoms. The van der Waals surface area contributed by atoms with Gasteiger partial charge in [-0.3, -0.25) is 4.79 Å². The van der Waals surface area contributed by atoms with Crippen LogP contribution in [-0.2, 0) is 11.5 Å². The lowest BCUT2D eigenvalue weighted by Gasteiger charge is -2.15. The Balaban J connectivity index is 2.21. The first kappa shape index (κ1) is 17.8.